The quantitative estimate of drug-likeness (QED) is 0.678. The summed E-state index contributed by atoms with van der Waals surface area (Å²) in [5.74, 6) is -1.84. The summed E-state index contributed by atoms with van der Waals surface area (Å²) in [6.07, 6.45) is 0.240. The van der Waals surface area contributed by atoms with Gasteiger partial charge < -0.3 is 20.6 Å². The molecule has 1 heterocycles. The molecule has 140 valence electrons. The average molecular weight is 361 g/mol. The minimum Gasteiger partial charge on any atom is -0.481 e. The Hall–Kier alpha value is -2.90. The predicted octanol–water partition coefficient (Wildman–Crippen LogP) is 1.37. The highest BCUT2D eigenvalue weighted by Crippen LogP contribution is 2.29. The van der Waals surface area contributed by atoms with E-state index in [9.17, 15) is 19.2 Å². The van der Waals surface area contributed by atoms with Gasteiger partial charge in [-0.05, 0) is 32.4 Å². The van der Waals surface area contributed by atoms with Crippen molar-refractivity contribution in [2.45, 2.75) is 33.1 Å². The van der Waals surface area contributed by atoms with Gasteiger partial charge in [-0.3, -0.25) is 19.2 Å². The topological polar surface area (TPSA) is 116 Å². The number of fused-ring (bicyclic) bond motifs is 1. The van der Waals surface area contributed by atoms with Gasteiger partial charge in [-0.1, -0.05) is 12.1 Å². The fourth-order valence-electron chi connectivity index (χ4n) is 2.52. The van der Waals surface area contributed by atoms with Crippen LogP contribution in [0.4, 0.5) is 11.4 Å². The van der Waals surface area contributed by atoms with Gasteiger partial charge in [-0.25, -0.2) is 0 Å². The number of nitrogens with one attached hydrogen (secondary N) is 2. The summed E-state index contributed by atoms with van der Waals surface area (Å²) < 4.78 is 0. The van der Waals surface area contributed by atoms with E-state index >= 15 is 0 Å². The Morgan fingerprint density at radius 2 is 1.92 bits per heavy atom. The van der Waals surface area contributed by atoms with Crippen molar-refractivity contribution < 1.29 is 24.3 Å². The molecular weight excluding hydrogens is 338 g/mol. The lowest BCUT2D eigenvalue weighted by Gasteiger charge is -2.29. The first-order valence-electron chi connectivity index (χ1n) is 8.40. The Bertz CT molecular complexity index is 729. The molecule has 0 saturated heterocycles. The Balaban J connectivity index is 1.84. The van der Waals surface area contributed by atoms with Crippen molar-refractivity contribution in [2.24, 2.45) is 5.41 Å². The Labute approximate surface area is 151 Å². The number of carbonyl (C=O) groups excluding carboxylic acids is 3. The van der Waals surface area contributed by atoms with Crippen LogP contribution in [0.3, 0.4) is 0 Å². The molecule has 0 atom stereocenters. The lowest BCUT2D eigenvalue weighted by Crippen LogP contribution is -2.42. The molecule has 1 aromatic carbocycles. The maximum Gasteiger partial charge on any atom is 0.309 e. The Kier molecular flexibility index (Phi) is 5.97. The molecule has 0 spiro atoms. The van der Waals surface area contributed by atoms with Crippen molar-refractivity contribution in [1.29, 1.82) is 0 Å². The number of carboxylic acids is 1. The van der Waals surface area contributed by atoms with E-state index < -0.39 is 11.4 Å². The van der Waals surface area contributed by atoms with E-state index in [1.54, 1.807) is 38.1 Å². The van der Waals surface area contributed by atoms with E-state index in [-0.39, 0.29) is 43.7 Å². The number of carbonyl (C=O) groups is 4. The minimum atomic E-state index is -0.927. The maximum atomic E-state index is 12.4. The van der Waals surface area contributed by atoms with Gasteiger partial charge in [0, 0.05) is 19.4 Å². The van der Waals surface area contributed by atoms with Crippen LogP contribution in [0.2, 0.25) is 0 Å². The summed E-state index contributed by atoms with van der Waals surface area (Å²) in [6.45, 7) is 3.32. The summed E-state index contributed by atoms with van der Waals surface area (Å²) in [7, 11) is 0. The molecule has 8 nitrogen and oxygen atoms in total. The number of aliphatic carboxylic acids is 1. The molecule has 0 unspecified atom stereocenters. The van der Waals surface area contributed by atoms with Crippen LogP contribution < -0.4 is 15.5 Å². The van der Waals surface area contributed by atoms with Gasteiger partial charge >= 0.3 is 5.97 Å². The van der Waals surface area contributed by atoms with Gasteiger partial charge in [0.25, 0.3) is 0 Å². The third-order valence-corrected chi connectivity index (χ3v) is 4.29. The Morgan fingerprint density at radius 1 is 1.23 bits per heavy atom. The highest BCUT2D eigenvalue weighted by molar-refractivity contribution is 6.10. The van der Waals surface area contributed by atoms with Crippen LogP contribution in [0.1, 0.15) is 33.1 Å². The largest absolute Gasteiger partial charge is 0.481 e. The average Bonchev–Trinajstić information content (AvgIpc) is 2.58. The monoisotopic (exact) mass is 361 g/mol. The lowest BCUT2D eigenvalue weighted by molar-refractivity contribution is -0.147. The molecule has 3 N–H and O–H groups in total. The summed E-state index contributed by atoms with van der Waals surface area (Å²) in [4.78, 5) is 48.4. The number of hydrogen-bond donors (Lipinski definition) is 3. The smallest absolute Gasteiger partial charge is 0.309 e. The highest BCUT2D eigenvalue weighted by Gasteiger charge is 2.28. The van der Waals surface area contributed by atoms with E-state index in [1.807, 2.05) is 0 Å². The summed E-state index contributed by atoms with van der Waals surface area (Å²) in [5.41, 5.74) is 0.256. The van der Waals surface area contributed by atoms with Crippen molar-refractivity contribution in [1.82, 2.24) is 5.32 Å². The van der Waals surface area contributed by atoms with Crippen molar-refractivity contribution in [2.75, 3.05) is 23.3 Å². The first kappa shape index (κ1) is 19.4. The van der Waals surface area contributed by atoms with Gasteiger partial charge in [0.2, 0.25) is 17.7 Å². The number of amides is 3. The molecule has 0 fully saturated rings. The SMILES string of the molecule is CC(C)(CCNC(=O)CCC(=O)N1CC(=O)Nc2ccccc21)C(=O)O. The van der Waals surface area contributed by atoms with Gasteiger partial charge in [0.1, 0.15) is 6.54 Å². The zero-order valence-corrected chi connectivity index (χ0v) is 14.9. The number of para-hydroxylation sites is 2. The molecule has 8 heteroatoms. The summed E-state index contributed by atoms with van der Waals surface area (Å²) in [6, 6.07) is 6.98. The van der Waals surface area contributed by atoms with Crippen LogP contribution in [-0.4, -0.2) is 41.9 Å². The molecule has 2 rings (SSSR count). The van der Waals surface area contributed by atoms with Crippen molar-refractivity contribution in [3.63, 3.8) is 0 Å². The fourth-order valence-corrected chi connectivity index (χ4v) is 2.52. The second-order valence-electron chi connectivity index (χ2n) is 6.83. The maximum absolute atomic E-state index is 12.4. The zero-order valence-electron chi connectivity index (χ0n) is 14.9. The van der Waals surface area contributed by atoms with Crippen molar-refractivity contribution >= 4 is 35.1 Å². The van der Waals surface area contributed by atoms with Gasteiger partial charge in [-0.15, -0.1) is 0 Å². The number of benzene rings is 1. The highest BCUT2D eigenvalue weighted by atomic mass is 16.4. The molecule has 0 radical (unpaired) electrons. The number of rotatable bonds is 7. The van der Waals surface area contributed by atoms with Crippen LogP contribution in [0.5, 0.6) is 0 Å². The minimum absolute atomic E-state index is 0.0212. The summed E-state index contributed by atoms with van der Waals surface area (Å²) >= 11 is 0. The molecule has 3 amide bonds. The van der Waals surface area contributed by atoms with E-state index in [1.165, 1.54) is 4.90 Å². The van der Waals surface area contributed by atoms with Crippen LogP contribution in [-0.2, 0) is 19.2 Å². The normalized spacial score (nSPS) is 13.6. The van der Waals surface area contributed by atoms with Gasteiger partial charge in [0.15, 0.2) is 0 Å². The first-order chi connectivity index (χ1) is 12.2. The van der Waals surface area contributed by atoms with Crippen LogP contribution in [0.25, 0.3) is 0 Å². The molecule has 0 bridgehead atoms. The zero-order chi connectivity index (χ0) is 19.3. The van der Waals surface area contributed by atoms with E-state index in [2.05, 4.69) is 10.6 Å². The molecule has 1 aliphatic heterocycles. The fraction of sp³-hybridized carbons (Fsp3) is 0.444. The molecule has 0 aliphatic carbocycles. The molecule has 0 aromatic heterocycles. The van der Waals surface area contributed by atoms with Crippen molar-refractivity contribution in [3.8, 4) is 0 Å². The Morgan fingerprint density at radius 3 is 2.62 bits per heavy atom. The third-order valence-electron chi connectivity index (χ3n) is 4.29. The van der Waals surface area contributed by atoms with Crippen LogP contribution in [0.15, 0.2) is 24.3 Å². The molecular formula is C18H23N3O5. The number of anilines is 2. The number of hydrogen-bond acceptors (Lipinski definition) is 4. The number of carboxylic acid groups (broad SMARTS) is 1. The standard InChI is InChI=1S/C18H23N3O5/c1-18(2,17(25)26)9-10-19-14(22)7-8-16(24)21-11-15(23)20-12-5-3-4-6-13(12)21/h3-6H,7-11H2,1-2H3,(H,19,22)(H,20,23)(H,25,26). The summed E-state index contributed by atoms with van der Waals surface area (Å²) in [5, 5.41) is 14.4. The third kappa shape index (κ3) is 4.81. The molecule has 0 saturated carbocycles. The van der Waals surface area contributed by atoms with Gasteiger partial charge in [0.05, 0.1) is 16.8 Å². The molecule has 26 heavy (non-hydrogen) atoms. The number of nitrogens with zero attached hydrogens (tertiary/aromatic N) is 1. The van der Waals surface area contributed by atoms with E-state index in [4.69, 9.17) is 5.11 Å². The predicted molar refractivity (Wildman–Crippen MR) is 95.7 cm³/mol. The van der Waals surface area contributed by atoms with E-state index in [0.717, 1.165) is 0 Å². The molecule has 1 aromatic rings. The molecule has 1 aliphatic rings. The van der Waals surface area contributed by atoms with Crippen molar-refractivity contribution in [3.05, 3.63) is 24.3 Å². The van der Waals surface area contributed by atoms with Gasteiger partial charge in [-0.2, -0.15) is 0 Å². The first-order valence-corrected chi connectivity index (χ1v) is 8.40. The lowest BCUT2D eigenvalue weighted by atomic mass is 9.90. The van der Waals surface area contributed by atoms with E-state index in [0.29, 0.717) is 17.8 Å². The second kappa shape index (κ2) is 7.99. The second-order valence-corrected chi connectivity index (χ2v) is 6.83. The van der Waals surface area contributed by atoms with Crippen LogP contribution >= 0.6 is 0 Å². The van der Waals surface area contributed by atoms with Crippen LogP contribution in [0, 0.1) is 5.41 Å².